The van der Waals surface area contributed by atoms with Crippen LogP contribution in [0.25, 0.3) is 6.08 Å². The first-order valence-corrected chi connectivity index (χ1v) is 13.7. The van der Waals surface area contributed by atoms with Gasteiger partial charge in [0.05, 0.1) is 7.11 Å². The van der Waals surface area contributed by atoms with Gasteiger partial charge in [0.2, 0.25) is 11.8 Å². The first kappa shape index (κ1) is 33.7. The molecule has 0 aliphatic carbocycles. The van der Waals surface area contributed by atoms with Crippen LogP contribution in [0.1, 0.15) is 90.8 Å². The molecule has 218 valence electrons. The molecule has 2 unspecified atom stereocenters. The number of amides is 3. The molecule has 1 rings (SSSR count). The van der Waals surface area contributed by atoms with E-state index in [1.807, 2.05) is 19.9 Å². The topological polar surface area (TPSA) is 114 Å². The van der Waals surface area contributed by atoms with E-state index in [0.717, 1.165) is 24.8 Å². The number of alkyl carbamates (subject to hydrolysis) is 1. The summed E-state index contributed by atoms with van der Waals surface area (Å²) in [5.41, 5.74) is 0.609. The van der Waals surface area contributed by atoms with Gasteiger partial charge < -0.3 is 25.0 Å². The molecule has 3 amide bonds. The predicted molar refractivity (Wildman–Crippen MR) is 153 cm³/mol. The molecule has 0 aromatic heterocycles. The summed E-state index contributed by atoms with van der Waals surface area (Å²) in [6, 6.07) is 5.24. The van der Waals surface area contributed by atoms with Gasteiger partial charge >= 0.3 is 12.1 Å². The largest absolute Gasteiger partial charge is 0.468 e. The molecule has 0 saturated carbocycles. The SMILES string of the molecule is C=Cc1cccc(C(C(=O)NCC(=O)OC)N(CCCCCC)C(=O)C(CC(C)C)NC(=O)OC(C)(C)C)c1. The lowest BCUT2D eigenvalue weighted by atomic mass is 9.97. The van der Waals surface area contributed by atoms with Gasteiger partial charge in [-0.05, 0) is 56.7 Å². The molecule has 1 aromatic carbocycles. The third-order valence-corrected chi connectivity index (χ3v) is 5.89. The van der Waals surface area contributed by atoms with Crippen LogP contribution in [-0.2, 0) is 23.9 Å². The van der Waals surface area contributed by atoms with E-state index in [1.165, 1.54) is 12.0 Å². The molecule has 0 aliphatic rings. The maximum atomic E-state index is 14.2. The van der Waals surface area contributed by atoms with Gasteiger partial charge in [-0.1, -0.05) is 70.9 Å². The molecule has 0 bridgehead atoms. The molecule has 9 heteroatoms. The van der Waals surface area contributed by atoms with E-state index in [1.54, 1.807) is 45.0 Å². The number of carbonyl (C=O) groups is 4. The molecule has 39 heavy (non-hydrogen) atoms. The van der Waals surface area contributed by atoms with Gasteiger partial charge in [0.1, 0.15) is 24.2 Å². The Kier molecular flexibility index (Phi) is 14.3. The number of methoxy groups -OCH3 is 1. The first-order chi connectivity index (χ1) is 18.3. The van der Waals surface area contributed by atoms with Crippen molar-refractivity contribution in [3.63, 3.8) is 0 Å². The van der Waals surface area contributed by atoms with Crippen LogP contribution in [0.5, 0.6) is 0 Å². The number of hydrogen-bond donors (Lipinski definition) is 2. The van der Waals surface area contributed by atoms with E-state index < -0.39 is 41.6 Å². The van der Waals surface area contributed by atoms with Crippen molar-refractivity contribution in [2.24, 2.45) is 5.92 Å². The van der Waals surface area contributed by atoms with Crippen LogP contribution < -0.4 is 10.6 Å². The maximum absolute atomic E-state index is 14.2. The molecular formula is C30H47N3O6. The Morgan fingerprint density at radius 2 is 1.79 bits per heavy atom. The van der Waals surface area contributed by atoms with E-state index >= 15 is 0 Å². The van der Waals surface area contributed by atoms with Gasteiger partial charge in [0.15, 0.2) is 0 Å². The average Bonchev–Trinajstić information content (AvgIpc) is 2.86. The van der Waals surface area contributed by atoms with Gasteiger partial charge in [-0.3, -0.25) is 14.4 Å². The van der Waals surface area contributed by atoms with Crippen LogP contribution in [0, 0.1) is 5.92 Å². The van der Waals surface area contributed by atoms with E-state index in [-0.39, 0.29) is 19.0 Å². The van der Waals surface area contributed by atoms with E-state index in [0.29, 0.717) is 18.4 Å². The zero-order chi connectivity index (χ0) is 29.6. The van der Waals surface area contributed by atoms with E-state index in [4.69, 9.17) is 4.74 Å². The van der Waals surface area contributed by atoms with Gasteiger partial charge in [0.25, 0.3) is 0 Å². The third-order valence-electron chi connectivity index (χ3n) is 5.89. The molecule has 0 heterocycles. The highest BCUT2D eigenvalue weighted by molar-refractivity contribution is 5.93. The number of unbranched alkanes of at least 4 members (excludes halogenated alkanes) is 3. The number of hydrogen-bond acceptors (Lipinski definition) is 6. The van der Waals surface area contributed by atoms with Crippen molar-refractivity contribution in [3.8, 4) is 0 Å². The second-order valence-corrected chi connectivity index (χ2v) is 11.0. The fraction of sp³-hybridized carbons (Fsp3) is 0.600. The second kappa shape index (κ2) is 16.6. The number of esters is 1. The number of rotatable bonds is 15. The Balaban J connectivity index is 3.54. The van der Waals surface area contributed by atoms with Crippen molar-refractivity contribution >= 4 is 30.0 Å². The number of benzene rings is 1. The first-order valence-electron chi connectivity index (χ1n) is 13.7. The number of carbonyl (C=O) groups excluding carboxylic acids is 4. The highest BCUT2D eigenvalue weighted by atomic mass is 16.6. The minimum Gasteiger partial charge on any atom is -0.468 e. The number of nitrogens with zero attached hydrogens (tertiary/aromatic N) is 1. The summed E-state index contributed by atoms with van der Waals surface area (Å²) in [6.07, 6.45) is 4.85. The molecule has 9 nitrogen and oxygen atoms in total. The van der Waals surface area contributed by atoms with Crippen LogP contribution >= 0.6 is 0 Å². The average molecular weight is 546 g/mol. The van der Waals surface area contributed by atoms with Crippen molar-refractivity contribution in [3.05, 3.63) is 42.0 Å². The number of nitrogens with one attached hydrogen (secondary N) is 2. The lowest BCUT2D eigenvalue weighted by Gasteiger charge is -2.35. The van der Waals surface area contributed by atoms with Crippen molar-refractivity contribution in [2.75, 3.05) is 20.2 Å². The van der Waals surface area contributed by atoms with Gasteiger partial charge in [-0.25, -0.2) is 4.79 Å². The fourth-order valence-electron chi connectivity index (χ4n) is 4.08. The highest BCUT2D eigenvalue weighted by Crippen LogP contribution is 2.26. The van der Waals surface area contributed by atoms with Gasteiger partial charge in [0, 0.05) is 6.54 Å². The molecule has 0 radical (unpaired) electrons. The summed E-state index contributed by atoms with van der Waals surface area (Å²) >= 11 is 0. The Morgan fingerprint density at radius 3 is 2.36 bits per heavy atom. The van der Waals surface area contributed by atoms with Crippen LogP contribution in [-0.4, -0.2) is 60.6 Å². The Labute approximate surface area is 233 Å². The summed E-state index contributed by atoms with van der Waals surface area (Å²) in [5, 5.41) is 5.35. The van der Waals surface area contributed by atoms with Crippen molar-refractivity contribution in [2.45, 2.75) is 91.3 Å². The third kappa shape index (κ3) is 12.4. The Bertz CT molecular complexity index is 970. The fourth-order valence-corrected chi connectivity index (χ4v) is 4.08. The molecule has 0 spiro atoms. The number of ether oxygens (including phenoxy) is 2. The minimum atomic E-state index is -1.04. The van der Waals surface area contributed by atoms with Crippen LogP contribution in [0.3, 0.4) is 0 Å². The molecule has 0 aliphatic heterocycles. The summed E-state index contributed by atoms with van der Waals surface area (Å²) in [5.74, 6) is -1.45. The minimum absolute atomic E-state index is 0.0755. The summed E-state index contributed by atoms with van der Waals surface area (Å²) in [7, 11) is 1.24. The lowest BCUT2D eigenvalue weighted by Crippen LogP contribution is -2.54. The quantitative estimate of drug-likeness (QED) is 0.237. The zero-order valence-electron chi connectivity index (χ0n) is 24.7. The summed E-state index contributed by atoms with van der Waals surface area (Å²) in [6.45, 7) is 15.0. The summed E-state index contributed by atoms with van der Waals surface area (Å²) in [4.78, 5) is 53.8. The monoisotopic (exact) mass is 545 g/mol. The second-order valence-electron chi connectivity index (χ2n) is 11.0. The van der Waals surface area contributed by atoms with Crippen LogP contribution in [0.2, 0.25) is 0 Å². The summed E-state index contributed by atoms with van der Waals surface area (Å²) < 4.78 is 10.1. The van der Waals surface area contributed by atoms with Crippen LogP contribution in [0.15, 0.2) is 30.8 Å². The Morgan fingerprint density at radius 1 is 1.10 bits per heavy atom. The molecule has 0 fully saturated rings. The Hall–Kier alpha value is -3.36. The smallest absolute Gasteiger partial charge is 0.408 e. The molecule has 0 saturated heterocycles. The van der Waals surface area contributed by atoms with E-state index in [2.05, 4.69) is 28.9 Å². The normalized spacial score (nSPS) is 12.7. The highest BCUT2D eigenvalue weighted by Gasteiger charge is 2.36. The molecule has 2 atom stereocenters. The standard InChI is InChI=1S/C30H47N3O6/c1-9-11-12-13-17-33(28(36)24(18-21(3)4)32-29(37)39-30(5,6)7)26(27(35)31-20-25(34)38-8)23-16-14-15-22(10-2)19-23/h10,14-16,19,21,24,26H,2,9,11-13,17-18,20H2,1,3-8H3,(H,31,35)(H,32,37). The van der Waals surface area contributed by atoms with Gasteiger partial charge in [-0.2, -0.15) is 0 Å². The van der Waals surface area contributed by atoms with Crippen molar-refractivity contribution in [1.82, 2.24) is 15.5 Å². The van der Waals surface area contributed by atoms with Crippen molar-refractivity contribution in [1.29, 1.82) is 0 Å². The van der Waals surface area contributed by atoms with E-state index in [9.17, 15) is 19.2 Å². The zero-order valence-corrected chi connectivity index (χ0v) is 24.7. The lowest BCUT2D eigenvalue weighted by molar-refractivity contribution is -0.145. The molecular weight excluding hydrogens is 498 g/mol. The maximum Gasteiger partial charge on any atom is 0.408 e. The molecule has 1 aromatic rings. The van der Waals surface area contributed by atoms with Crippen LogP contribution in [0.4, 0.5) is 4.79 Å². The van der Waals surface area contributed by atoms with Gasteiger partial charge in [-0.15, -0.1) is 0 Å². The van der Waals surface area contributed by atoms with Crippen molar-refractivity contribution < 1.29 is 28.7 Å². The predicted octanol–water partition coefficient (Wildman–Crippen LogP) is 5.01. The molecule has 2 N–H and O–H groups in total.